The molecule has 0 aliphatic rings. The summed E-state index contributed by atoms with van der Waals surface area (Å²) in [5.41, 5.74) is 3.46. The van der Waals surface area contributed by atoms with Gasteiger partial charge in [0.25, 0.3) is 0 Å². The summed E-state index contributed by atoms with van der Waals surface area (Å²) in [6.45, 7) is 6.17. The molecule has 2 aromatic rings. The highest BCUT2D eigenvalue weighted by Gasteiger charge is 2.10. The van der Waals surface area contributed by atoms with Gasteiger partial charge in [-0.15, -0.1) is 0 Å². The maximum Gasteiger partial charge on any atom is 0.127 e. The molecule has 2 nitrogen and oxygen atoms in total. The Morgan fingerprint density at radius 2 is 1.68 bits per heavy atom. The smallest absolute Gasteiger partial charge is 0.127 e. The van der Waals surface area contributed by atoms with Crippen molar-refractivity contribution < 1.29 is 9.47 Å². The van der Waals surface area contributed by atoms with Crippen LogP contribution in [0.3, 0.4) is 0 Å². The molecule has 0 saturated carbocycles. The number of benzene rings is 2. The molecule has 0 spiro atoms. The molecule has 0 N–H and O–H groups in total. The van der Waals surface area contributed by atoms with Crippen LogP contribution in [0.4, 0.5) is 0 Å². The molecule has 0 aromatic heterocycles. The van der Waals surface area contributed by atoms with Crippen molar-refractivity contribution in [2.24, 2.45) is 0 Å². The van der Waals surface area contributed by atoms with E-state index in [1.807, 2.05) is 38.1 Å². The topological polar surface area (TPSA) is 18.5 Å². The summed E-state index contributed by atoms with van der Waals surface area (Å²) in [6, 6.07) is 14.2. The number of hydrogen-bond acceptors (Lipinski definition) is 2. The van der Waals surface area contributed by atoms with E-state index < -0.39 is 0 Å². The molecule has 0 radical (unpaired) electrons. The summed E-state index contributed by atoms with van der Waals surface area (Å²) in [7, 11) is 1.69. The van der Waals surface area contributed by atoms with Crippen LogP contribution in [0.15, 0.2) is 42.5 Å². The van der Waals surface area contributed by atoms with Gasteiger partial charge in [0.15, 0.2) is 0 Å². The van der Waals surface area contributed by atoms with Gasteiger partial charge in [0.2, 0.25) is 0 Å². The summed E-state index contributed by atoms with van der Waals surface area (Å²) in [6.07, 6.45) is 0.159. The molecule has 100 valence electrons. The Morgan fingerprint density at radius 3 is 2.37 bits per heavy atom. The number of ether oxygens (including phenoxy) is 2. The normalized spacial score (nSPS) is 10.6. The summed E-state index contributed by atoms with van der Waals surface area (Å²) < 4.78 is 11.2. The van der Waals surface area contributed by atoms with Crippen LogP contribution in [0, 0.1) is 6.92 Å². The first kappa shape index (κ1) is 13.5. The first-order chi connectivity index (χ1) is 9.11. The number of rotatable bonds is 4. The minimum atomic E-state index is 0.159. The zero-order chi connectivity index (χ0) is 13.8. The van der Waals surface area contributed by atoms with Gasteiger partial charge in [0.05, 0.1) is 13.2 Å². The average Bonchev–Trinajstić information content (AvgIpc) is 2.40. The first-order valence-corrected chi connectivity index (χ1v) is 6.52. The molecule has 0 atom stereocenters. The van der Waals surface area contributed by atoms with Crippen molar-refractivity contribution >= 4 is 0 Å². The van der Waals surface area contributed by atoms with Crippen molar-refractivity contribution in [1.82, 2.24) is 0 Å². The molecule has 0 heterocycles. The summed E-state index contributed by atoms with van der Waals surface area (Å²) in [5.74, 6) is 1.77. The Kier molecular flexibility index (Phi) is 4.10. The van der Waals surface area contributed by atoms with E-state index >= 15 is 0 Å². The van der Waals surface area contributed by atoms with Crippen molar-refractivity contribution in [1.29, 1.82) is 0 Å². The van der Waals surface area contributed by atoms with Gasteiger partial charge < -0.3 is 9.47 Å². The molecular weight excluding hydrogens is 236 g/mol. The van der Waals surface area contributed by atoms with Crippen LogP contribution in [0.1, 0.15) is 19.4 Å². The second kappa shape index (κ2) is 5.79. The van der Waals surface area contributed by atoms with Crippen LogP contribution in [0.5, 0.6) is 11.5 Å². The highest BCUT2D eigenvalue weighted by Crippen LogP contribution is 2.34. The van der Waals surface area contributed by atoms with Gasteiger partial charge in [-0.05, 0) is 50.1 Å². The number of aryl methyl sites for hydroxylation is 1. The second-order valence-corrected chi connectivity index (χ2v) is 4.84. The maximum absolute atomic E-state index is 5.89. The fourth-order valence-electron chi connectivity index (χ4n) is 2.06. The van der Waals surface area contributed by atoms with Crippen molar-refractivity contribution in [3.8, 4) is 22.6 Å². The lowest BCUT2D eigenvalue weighted by Gasteiger charge is -2.16. The van der Waals surface area contributed by atoms with Gasteiger partial charge in [0.1, 0.15) is 11.5 Å². The van der Waals surface area contributed by atoms with Crippen molar-refractivity contribution in [2.75, 3.05) is 7.11 Å². The molecule has 0 saturated heterocycles. The Bertz CT molecular complexity index is 559. The predicted molar refractivity (Wildman–Crippen MR) is 78.9 cm³/mol. The van der Waals surface area contributed by atoms with Crippen LogP contribution >= 0.6 is 0 Å². The molecule has 0 amide bonds. The van der Waals surface area contributed by atoms with E-state index in [-0.39, 0.29) is 6.10 Å². The van der Waals surface area contributed by atoms with E-state index in [1.165, 1.54) is 5.56 Å². The van der Waals surface area contributed by atoms with E-state index in [0.717, 1.165) is 22.6 Å². The third kappa shape index (κ3) is 3.08. The minimum absolute atomic E-state index is 0.159. The van der Waals surface area contributed by atoms with Gasteiger partial charge in [-0.2, -0.15) is 0 Å². The summed E-state index contributed by atoms with van der Waals surface area (Å²) in [5, 5.41) is 0. The number of hydrogen-bond donors (Lipinski definition) is 0. The van der Waals surface area contributed by atoms with Gasteiger partial charge >= 0.3 is 0 Å². The predicted octanol–water partition coefficient (Wildman–Crippen LogP) is 4.46. The molecule has 0 unspecified atom stereocenters. The van der Waals surface area contributed by atoms with E-state index in [2.05, 4.69) is 25.1 Å². The van der Waals surface area contributed by atoms with E-state index in [4.69, 9.17) is 9.47 Å². The first-order valence-electron chi connectivity index (χ1n) is 6.52. The van der Waals surface area contributed by atoms with Crippen LogP contribution in [-0.2, 0) is 0 Å². The molecule has 2 rings (SSSR count). The third-order valence-corrected chi connectivity index (χ3v) is 2.98. The van der Waals surface area contributed by atoms with Gasteiger partial charge in [-0.1, -0.05) is 24.3 Å². The number of para-hydroxylation sites is 1. The van der Waals surface area contributed by atoms with Crippen LogP contribution in [0.25, 0.3) is 11.1 Å². The van der Waals surface area contributed by atoms with Crippen LogP contribution in [0.2, 0.25) is 0 Å². The van der Waals surface area contributed by atoms with E-state index in [9.17, 15) is 0 Å². The highest BCUT2D eigenvalue weighted by molar-refractivity contribution is 5.74. The SMILES string of the molecule is COc1ccc(C)c(-c2ccccc2OC(C)C)c1. The highest BCUT2D eigenvalue weighted by atomic mass is 16.5. The van der Waals surface area contributed by atoms with E-state index in [0.29, 0.717) is 0 Å². The third-order valence-electron chi connectivity index (χ3n) is 2.98. The second-order valence-electron chi connectivity index (χ2n) is 4.84. The molecular formula is C17H20O2. The monoisotopic (exact) mass is 256 g/mol. The molecule has 2 heteroatoms. The standard InChI is InChI=1S/C17H20O2/c1-12(2)19-17-8-6-5-7-15(17)16-11-14(18-4)10-9-13(16)3/h5-12H,1-4H3. The van der Waals surface area contributed by atoms with Crippen molar-refractivity contribution in [3.63, 3.8) is 0 Å². The quantitative estimate of drug-likeness (QED) is 0.804. The minimum Gasteiger partial charge on any atom is -0.497 e. The lowest BCUT2D eigenvalue weighted by atomic mass is 9.99. The van der Waals surface area contributed by atoms with Crippen LogP contribution < -0.4 is 9.47 Å². The van der Waals surface area contributed by atoms with Gasteiger partial charge in [-0.25, -0.2) is 0 Å². The molecule has 2 aromatic carbocycles. The largest absolute Gasteiger partial charge is 0.497 e. The Labute approximate surface area is 115 Å². The fourth-order valence-corrected chi connectivity index (χ4v) is 2.06. The zero-order valence-corrected chi connectivity index (χ0v) is 11.9. The molecule has 0 aliphatic heterocycles. The van der Waals surface area contributed by atoms with E-state index in [1.54, 1.807) is 7.11 Å². The summed E-state index contributed by atoms with van der Waals surface area (Å²) in [4.78, 5) is 0. The summed E-state index contributed by atoms with van der Waals surface area (Å²) >= 11 is 0. The zero-order valence-electron chi connectivity index (χ0n) is 11.9. The molecule has 0 bridgehead atoms. The fraction of sp³-hybridized carbons (Fsp3) is 0.294. The Morgan fingerprint density at radius 1 is 0.947 bits per heavy atom. The van der Waals surface area contributed by atoms with Crippen molar-refractivity contribution in [2.45, 2.75) is 26.9 Å². The van der Waals surface area contributed by atoms with Gasteiger partial charge in [0, 0.05) is 5.56 Å². The molecule has 19 heavy (non-hydrogen) atoms. The number of methoxy groups -OCH3 is 1. The average molecular weight is 256 g/mol. The molecule has 0 aliphatic carbocycles. The lowest BCUT2D eigenvalue weighted by Crippen LogP contribution is -2.06. The molecule has 0 fully saturated rings. The van der Waals surface area contributed by atoms with Crippen molar-refractivity contribution in [3.05, 3.63) is 48.0 Å². The Hall–Kier alpha value is -1.96. The lowest BCUT2D eigenvalue weighted by molar-refractivity contribution is 0.243. The Balaban J connectivity index is 2.52. The van der Waals surface area contributed by atoms with Gasteiger partial charge in [-0.3, -0.25) is 0 Å². The maximum atomic E-state index is 5.89. The van der Waals surface area contributed by atoms with Crippen LogP contribution in [-0.4, -0.2) is 13.2 Å².